The van der Waals surface area contributed by atoms with Gasteiger partial charge in [0.25, 0.3) is 0 Å². The van der Waals surface area contributed by atoms with Crippen molar-refractivity contribution in [2.24, 2.45) is 5.92 Å². The van der Waals surface area contributed by atoms with Gasteiger partial charge in [-0.05, 0) is 30.9 Å². The van der Waals surface area contributed by atoms with Crippen LogP contribution in [0.3, 0.4) is 0 Å². The van der Waals surface area contributed by atoms with Gasteiger partial charge in [0.1, 0.15) is 0 Å². The Morgan fingerprint density at radius 3 is 2.24 bits per heavy atom. The molecule has 1 fully saturated rings. The fourth-order valence-corrected chi connectivity index (χ4v) is 3.24. The zero-order chi connectivity index (χ0) is 15.4. The Morgan fingerprint density at radius 2 is 1.71 bits per heavy atom. The van der Waals surface area contributed by atoms with Gasteiger partial charge in [0.2, 0.25) is 5.91 Å². The quantitative estimate of drug-likeness (QED) is 0.848. The van der Waals surface area contributed by atoms with E-state index in [0.29, 0.717) is 12.3 Å². The van der Waals surface area contributed by atoms with Crippen LogP contribution in [-0.2, 0) is 4.79 Å². The second kappa shape index (κ2) is 7.14. The number of nitrogens with one attached hydrogen (secondary N) is 1. The van der Waals surface area contributed by atoms with Crippen molar-refractivity contribution in [2.75, 3.05) is 5.32 Å². The minimum atomic E-state index is -1.11. The molecule has 21 heavy (non-hydrogen) atoms. The molecule has 1 aliphatic carbocycles. The monoisotopic (exact) mass is 329 g/mol. The Hall–Kier alpha value is -1.26. The van der Waals surface area contributed by atoms with Crippen molar-refractivity contribution in [3.63, 3.8) is 0 Å². The van der Waals surface area contributed by atoms with Crippen molar-refractivity contribution in [1.82, 2.24) is 0 Å². The number of carbonyl (C=O) groups is 2. The Balaban J connectivity index is 2.04. The lowest BCUT2D eigenvalue weighted by Crippen LogP contribution is -2.18. The van der Waals surface area contributed by atoms with Gasteiger partial charge in [0, 0.05) is 6.42 Å². The number of anilines is 1. The standard InChI is InChI=1S/C15H17Cl2NO3/c16-11-7-10(15(20)21)8-12(17)14(11)18-13(19)6-9-4-2-1-3-5-9/h7-9H,1-6H2,(H,18,19)(H,20,21). The maximum Gasteiger partial charge on any atom is 0.335 e. The lowest BCUT2D eigenvalue weighted by molar-refractivity contribution is -0.117. The summed E-state index contributed by atoms with van der Waals surface area (Å²) in [4.78, 5) is 23.0. The molecule has 0 aromatic heterocycles. The average Bonchev–Trinajstić information content (AvgIpc) is 2.43. The van der Waals surface area contributed by atoms with Crippen molar-refractivity contribution >= 4 is 40.8 Å². The maximum absolute atomic E-state index is 12.1. The SMILES string of the molecule is O=C(CC1CCCCC1)Nc1c(Cl)cc(C(=O)O)cc1Cl. The molecule has 0 unspecified atom stereocenters. The van der Waals surface area contributed by atoms with Crippen molar-refractivity contribution in [2.45, 2.75) is 38.5 Å². The van der Waals surface area contributed by atoms with Crippen LogP contribution in [0.5, 0.6) is 0 Å². The number of hydrogen-bond acceptors (Lipinski definition) is 2. The molecule has 0 radical (unpaired) electrons. The number of carbonyl (C=O) groups excluding carboxylic acids is 1. The summed E-state index contributed by atoms with van der Waals surface area (Å²) in [6.07, 6.45) is 6.19. The average molecular weight is 330 g/mol. The van der Waals surface area contributed by atoms with E-state index in [0.717, 1.165) is 12.8 Å². The summed E-state index contributed by atoms with van der Waals surface area (Å²) in [5.74, 6) is -0.831. The van der Waals surface area contributed by atoms with Crippen molar-refractivity contribution in [3.05, 3.63) is 27.7 Å². The topological polar surface area (TPSA) is 66.4 Å². The van der Waals surface area contributed by atoms with Crippen LogP contribution in [0.1, 0.15) is 48.9 Å². The van der Waals surface area contributed by atoms with Gasteiger partial charge in [-0.25, -0.2) is 4.79 Å². The third-order valence-electron chi connectivity index (χ3n) is 3.75. The molecule has 4 nitrogen and oxygen atoms in total. The first-order valence-corrected chi connectivity index (χ1v) is 7.75. The van der Waals surface area contributed by atoms with E-state index in [9.17, 15) is 9.59 Å². The van der Waals surface area contributed by atoms with E-state index in [-0.39, 0.29) is 27.2 Å². The first-order chi connectivity index (χ1) is 9.97. The summed E-state index contributed by atoms with van der Waals surface area (Å²) in [7, 11) is 0. The molecule has 114 valence electrons. The lowest BCUT2D eigenvalue weighted by Gasteiger charge is -2.21. The molecule has 0 aliphatic heterocycles. The summed E-state index contributed by atoms with van der Waals surface area (Å²) in [5.41, 5.74) is 0.277. The van der Waals surface area contributed by atoms with Gasteiger partial charge in [-0.15, -0.1) is 0 Å². The number of halogens is 2. The van der Waals surface area contributed by atoms with E-state index in [1.807, 2.05) is 0 Å². The first-order valence-electron chi connectivity index (χ1n) is 6.99. The van der Waals surface area contributed by atoms with Crippen LogP contribution >= 0.6 is 23.2 Å². The van der Waals surface area contributed by atoms with Crippen LogP contribution in [0, 0.1) is 5.92 Å². The number of hydrogen-bond donors (Lipinski definition) is 2. The summed E-state index contributed by atoms with van der Waals surface area (Å²) >= 11 is 12.0. The van der Waals surface area contributed by atoms with Gasteiger partial charge in [-0.2, -0.15) is 0 Å². The highest BCUT2D eigenvalue weighted by Crippen LogP contribution is 2.33. The molecule has 0 atom stereocenters. The summed E-state index contributed by atoms with van der Waals surface area (Å²) in [6.45, 7) is 0. The lowest BCUT2D eigenvalue weighted by atomic mass is 9.87. The minimum absolute atomic E-state index is 0.00437. The van der Waals surface area contributed by atoms with Crippen LogP contribution in [0.25, 0.3) is 0 Å². The molecule has 0 heterocycles. The summed E-state index contributed by atoms with van der Waals surface area (Å²) < 4.78 is 0. The molecule has 2 N–H and O–H groups in total. The highest BCUT2D eigenvalue weighted by atomic mass is 35.5. The van der Waals surface area contributed by atoms with Crippen LogP contribution in [0.2, 0.25) is 10.0 Å². The molecule has 1 aliphatic rings. The van der Waals surface area contributed by atoms with Crippen LogP contribution in [-0.4, -0.2) is 17.0 Å². The molecule has 0 bridgehead atoms. The number of rotatable bonds is 4. The van der Waals surface area contributed by atoms with Gasteiger partial charge in [0.15, 0.2) is 0 Å². The van der Waals surface area contributed by atoms with E-state index in [1.54, 1.807) is 0 Å². The summed E-state index contributed by atoms with van der Waals surface area (Å²) in [5, 5.41) is 11.9. The van der Waals surface area contributed by atoms with Crippen molar-refractivity contribution in [1.29, 1.82) is 0 Å². The van der Waals surface area contributed by atoms with Gasteiger partial charge < -0.3 is 10.4 Å². The highest BCUT2D eigenvalue weighted by molar-refractivity contribution is 6.40. The zero-order valence-electron chi connectivity index (χ0n) is 11.5. The first kappa shape index (κ1) is 16.1. The molecule has 2 rings (SSSR count). The Morgan fingerprint density at radius 1 is 1.14 bits per heavy atom. The van der Waals surface area contributed by atoms with Crippen LogP contribution in [0.4, 0.5) is 5.69 Å². The Labute approximate surface area is 133 Å². The zero-order valence-corrected chi connectivity index (χ0v) is 13.0. The highest BCUT2D eigenvalue weighted by Gasteiger charge is 2.19. The molecule has 1 saturated carbocycles. The number of carboxylic acid groups (broad SMARTS) is 1. The van der Waals surface area contributed by atoms with E-state index >= 15 is 0 Å². The molecule has 0 spiro atoms. The largest absolute Gasteiger partial charge is 0.478 e. The van der Waals surface area contributed by atoms with Gasteiger partial charge in [-0.1, -0.05) is 42.5 Å². The fourth-order valence-electron chi connectivity index (χ4n) is 2.66. The molecule has 6 heteroatoms. The van der Waals surface area contributed by atoms with Crippen LogP contribution in [0.15, 0.2) is 12.1 Å². The third-order valence-corrected chi connectivity index (χ3v) is 4.35. The summed E-state index contributed by atoms with van der Waals surface area (Å²) in [6, 6.07) is 2.57. The maximum atomic E-state index is 12.1. The molecular formula is C15H17Cl2NO3. The predicted octanol–water partition coefficient (Wildman–Crippen LogP) is 4.60. The number of aromatic carboxylic acids is 1. The van der Waals surface area contributed by atoms with E-state index in [4.69, 9.17) is 28.3 Å². The Kier molecular flexibility index (Phi) is 5.48. The second-order valence-corrected chi connectivity index (χ2v) is 6.19. The molecule has 1 aromatic carbocycles. The Bertz CT molecular complexity index is 531. The second-order valence-electron chi connectivity index (χ2n) is 5.38. The van der Waals surface area contributed by atoms with E-state index in [1.165, 1.54) is 31.4 Å². The molecule has 1 aromatic rings. The van der Waals surface area contributed by atoms with Crippen LogP contribution < -0.4 is 5.32 Å². The van der Waals surface area contributed by atoms with Gasteiger partial charge in [-0.3, -0.25) is 4.79 Å². The number of carboxylic acids is 1. The van der Waals surface area contributed by atoms with Gasteiger partial charge in [0.05, 0.1) is 21.3 Å². The van der Waals surface area contributed by atoms with Gasteiger partial charge >= 0.3 is 5.97 Å². The van der Waals surface area contributed by atoms with Crippen molar-refractivity contribution in [3.8, 4) is 0 Å². The third kappa shape index (κ3) is 4.35. The van der Waals surface area contributed by atoms with E-state index in [2.05, 4.69) is 5.32 Å². The normalized spacial score (nSPS) is 15.7. The van der Waals surface area contributed by atoms with Crippen molar-refractivity contribution < 1.29 is 14.7 Å². The molecular weight excluding hydrogens is 313 g/mol. The minimum Gasteiger partial charge on any atom is -0.478 e. The number of amides is 1. The molecule has 0 saturated heterocycles. The van der Waals surface area contributed by atoms with E-state index < -0.39 is 5.97 Å². The fraction of sp³-hybridized carbons (Fsp3) is 0.467. The smallest absolute Gasteiger partial charge is 0.335 e. The predicted molar refractivity (Wildman–Crippen MR) is 83.2 cm³/mol. The number of benzene rings is 1. The molecule has 1 amide bonds.